The minimum absolute atomic E-state index is 0.177. The Kier molecular flexibility index (Phi) is 5.08. The molecule has 1 N–H and O–H groups in total. The fourth-order valence-corrected chi connectivity index (χ4v) is 6.05. The van der Waals surface area contributed by atoms with E-state index in [0.29, 0.717) is 41.0 Å². The lowest BCUT2D eigenvalue weighted by Gasteiger charge is -2.22. The Hall–Kier alpha value is -3.02. The van der Waals surface area contributed by atoms with Gasteiger partial charge in [-0.1, -0.05) is 29.5 Å². The number of ether oxygens (including phenoxy) is 2. The molecule has 2 aromatic carbocycles. The first-order chi connectivity index (χ1) is 15.0. The number of aromatic nitrogens is 2. The zero-order valence-corrected chi connectivity index (χ0v) is 17.9. The number of anilines is 1. The number of fused-ring (bicyclic) bond motifs is 1. The topological polar surface area (TPSA) is 111 Å². The summed E-state index contributed by atoms with van der Waals surface area (Å²) in [4.78, 5) is 13.1. The van der Waals surface area contributed by atoms with Crippen molar-refractivity contribution in [3.8, 4) is 22.1 Å². The average molecular weight is 459 g/mol. The van der Waals surface area contributed by atoms with Gasteiger partial charge in [0, 0.05) is 12.1 Å². The van der Waals surface area contributed by atoms with Crippen LogP contribution in [0, 0.1) is 0 Å². The molecular formula is C20H18N4O5S2. The molecule has 1 saturated heterocycles. The van der Waals surface area contributed by atoms with Crippen LogP contribution in [-0.2, 0) is 14.8 Å². The number of hydrogen-bond acceptors (Lipinski definition) is 8. The smallest absolute Gasteiger partial charge is 0.244 e. The lowest BCUT2D eigenvalue weighted by Crippen LogP contribution is -2.43. The predicted octanol–water partition coefficient (Wildman–Crippen LogP) is 2.73. The van der Waals surface area contributed by atoms with E-state index in [1.54, 1.807) is 30.3 Å². The second kappa shape index (κ2) is 7.91. The maximum Gasteiger partial charge on any atom is 0.244 e. The first-order valence-corrected chi connectivity index (χ1v) is 11.9. The van der Waals surface area contributed by atoms with Gasteiger partial charge in [-0.25, -0.2) is 8.42 Å². The summed E-state index contributed by atoms with van der Waals surface area (Å²) in [6.07, 6.45) is 1.06. The molecule has 1 unspecified atom stereocenters. The van der Waals surface area contributed by atoms with Gasteiger partial charge in [0.25, 0.3) is 0 Å². The van der Waals surface area contributed by atoms with Crippen LogP contribution in [0.4, 0.5) is 5.13 Å². The first kappa shape index (κ1) is 19.9. The molecule has 0 radical (unpaired) electrons. The highest BCUT2D eigenvalue weighted by atomic mass is 32.2. The molecule has 1 fully saturated rings. The van der Waals surface area contributed by atoms with Crippen molar-refractivity contribution in [1.82, 2.24) is 14.5 Å². The molecular weight excluding hydrogens is 440 g/mol. The van der Waals surface area contributed by atoms with Gasteiger partial charge in [-0.3, -0.25) is 10.1 Å². The van der Waals surface area contributed by atoms with Gasteiger partial charge < -0.3 is 9.47 Å². The molecule has 0 saturated carbocycles. The third-order valence-corrected chi connectivity index (χ3v) is 7.94. The molecule has 2 aliphatic heterocycles. The van der Waals surface area contributed by atoms with Crippen LogP contribution in [0.2, 0.25) is 0 Å². The van der Waals surface area contributed by atoms with Gasteiger partial charge in [0.2, 0.25) is 27.9 Å². The first-order valence-electron chi connectivity index (χ1n) is 9.64. The number of sulfonamides is 1. The molecule has 3 heterocycles. The fourth-order valence-electron chi connectivity index (χ4n) is 3.63. The predicted molar refractivity (Wildman–Crippen MR) is 113 cm³/mol. The number of benzene rings is 2. The van der Waals surface area contributed by atoms with E-state index < -0.39 is 22.0 Å². The number of rotatable bonds is 5. The van der Waals surface area contributed by atoms with Gasteiger partial charge in [0.05, 0.1) is 4.90 Å². The Balaban J connectivity index is 1.32. The molecule has 11 heteroatoms. The normalized spacial score (nSPS) is 18.3. The highest BCUT2D eigenvalue weighted by Gasteiger charge is 2.39. The van der Waals surface area contributed by atoms with Gasteiger partial charge in [0.1, 0.15) is 11.0 Å². The van der Waals surface area contributed by atoms with E-state index in [1.807, 2.05) is 6.07 Å². The Labute approximate surface area is 182 Å². The Morgan fingerprint density at radius 1 is 1.10 bits per heavy atom. The van der Waals surface area contributed by atoms with Gasteiger partial charge in [0.15, 0.2) is 11.5 Å². The number of nitrogens with one attached hydrogen (secondary N) is 1. The summed E-state index contributed by atoms with van der Waals surface area (Å²) in [5.41, 5.74) is 0.788. The minimum Gasteiger partial charge on any atom is -0.454 e. The minimum atomic E-state index is -3.75. The number of carbonyl (C=O) groups is 1. The molecule has 2 aliphatic rings. The standard InChI is InChI=1S/C20H18N4O5S2/c25-18(15-7-4-10-24(15)31(26,27)14-5-2-1-3-6-14)21-20-23-22-19(30-20)13-8-9-16-17(11-13)29-12-28-16/h1-3,5-6,8-9,11,15H,4,7,10,12H2,(H,21,23,25). The zero-order chi connectivity index (χ0) is 21.4. The highest BCUT2D eigenvalue weighted by Crippen LogP contribution is 2.37. The lowest BCUT2D eigenvalue weighted by molar-refractivity contribution is -0.119. The van der Waals surface area contributed by atoms with E-state index in [9.17, 15) is 13.2 Å². The molecule has 0 bridgehead atoms. The number of amides is 1. The number of nitrogens with zero attached hydrogens (tertiary/aromatic N) is 3. The third kappa shape index (κ3) is 3.75. The molecule has 0 aliphatic carbocycles. The molecule has 1 aromatic heterocycles. The summed E-state index contributed by atoms with van der Waals surface area (Å²) in [5, 5.41) is 11.8. The molecule has 3 aromatic rings. The van der Waals surface area contributed by atoms with Crippen LogP contribution in [0.15, 0.2) is 53.4 Å². The molecule has 5 rings (SSSR count). The second-order valence-corrected chi connectivity index (χ2v) is 9.92. The van der Waals surface area contributed by atoms with Crippen molar-refractivity contribution in [2.45, 2.75) is 23.8 Å². The van der Waals surface area contributed by atoms with E-state index in [2.05, 4.69) is 15.5 Å². The summed E-state index contributed by atoms with van der Waals surface area (Å²) in [7, 11) is -3.75. The maximum absolute atomic E-state index is 13.0. The van der Waals surface area contributed by atoms with E-state index in [4.69, 9.17) is 9.47 Å². The Bertz CT molecular complexity index is 1230. The maximum atomic E-state index is 13.0. The molecule has 0 spiro atoms. The van der Waals surface area contributed by atoms with E-state index in [1.165, 1.54) is 27.8 Å². The van der Waals surface area contributed by atoms with Crippen molar-refractivity contribution >= 4 is 32.4 Å². The van der Waals surface area contributed by atoms with Crippen molar-refractivity contribution in [1.29, 1.82) is 0 Å². The number of carbonyl (C=O) groups excluding carboxylic acids is 1. The average Bonchev–Trinajstić information content (AvgIpc) is 3.53. The van der Waals surface area contributed by atoms with Crippen molar-refractivity contribution in [3.63, 3.8) is 0 Å². The molecule has 31 heavy (non-hydrogen) atoms. The summed E-state index contributed by atoms with van der Waals surface area (Å²) < 4.78 is 37.9. The lowest BCUT2D eigenvalue weighted by atomic mass is 10.2. The van der Waals surface area contributed by atoms with Gasteiger partial charge >= 0.3 is 0 Å². The van der Waals surface area contributed by atoms with Crippen LogP contribution in [0.25, 0.3) is 10.6 Å². The van der Waals surface area contributed by atoms with Crippen LogP contribution >= 0.6 is 11.3 Å². The Morgan fingerprint density at radius 3 is 2.74 bits per heavy atom. The van der Waals surface area contributed by atoms with E-state index in [-0.39, 0.29) is 11.7 Å². The highest BCUT2D eigenvalue weighted by molar-refractivity contribution is 7.89. The second-order valence-electron chi connectivity index (χ2n) is 7.06. The third-order valence-electron chi connectivity index (χ3n) is 5.13. The van der Waals surface area contributed by atoms with Crippen LogP contribution in [0.1, 0.15) is 12.8 Å². The summed E-state index contributed by atoms with van der Waals surface area (Å²) >= 11 is 1.21. The van der Waals surface area contributed by atoms with Gasteiger partial charge in [-0.05, 0) is 43.2 Å². The van der Waals surface area contributed by atoms with Crippen LogP contribution in [0.3, 0.4) is 0 Å². The van der Waals surface area contributed by atoms with Gasteiger partial charge in [-0.15, -0.1) is 10.2 Å². The molecule has 9 nitrogen and oxygen atoms in total. The zero-order valence-electron chi connectivity index (χ0n) is 16.2. The Morgan fingerprint density at radius 2 is 1.90 bits per heavy atom. The van der Waals surface area contributed by atoms with Crippen molar-refractivity contribution in [3.05, 3.63) is 48.5 Å². The summed E-state index contributed by atoms with van der Waals surface area (Å²) in [5.74, 6) is 0.888. The monoisotopic (exact) mass is 458 g/mol. The largest absolute Gasteiger partial charge is 0.454 e. The van der Waals surface area contributed by atoms with Crippen molar-refractivity contribution < 1.29 is 22.7 Å². The SMILES string of the molecule is O=C(Nc1nnc(-c2ccc3c(c2)OCO3)s1)C1CCCN1S(=O)(=O)c1ccccc1. The van der Waals surface area contributed by atoms with Crippen LogP contribution < -0.4 is 14.8 Å². The number of hydrogen-bond donors (Lipinski definition) is 1. The van der Waals surface area contributed by atoms with Crippen LogP contribution in [-0.4, -0.2) is 48.2 Å². The van der Waals surface area contributed by atoms with Crippen molar-refractivity contribution in [2.24, 2.45) is 0 Å². The summed E-state index contributed by atoms with van der Waals surface area (Å²) in [6.45, 7) is 0.480. The van der Waals surface area contributed by atoms with E-state index in [0.717, 1.165) is 5.56 Å². The van der Waals surface area contributed by atoms with Crippen molar-refractivity contribution in [2.75, 3.05) is 18.7 Å². The van der Waals surface area contributed by atoms with Gasteiger partial charge in [-0.2, -0.15) is 4.31 Å². The summed E-state index contributed by atoms with van der Waals surface area (Å²) in [6, 6.07) is 12.8. The molecule has 1 amide bonds. The molecule has 160 valence electrons. The van der Waals surface area contributed by atoms with E-state index >= 15 is 0 Å². The van der Waals surface area contributed by atoms with Crippen LogP contribution in [0.5, 0.6) is 11.5 Å². The quantitative estimate of drug-likeness (QED) is 0.626. The molecule has 1 atom stereocenters. The fraction of sp³-hybridized carbons (Fsp3) is 0.250.